The summed E-state index contributed by atoms with van der Waals surface area (Å²) in [6.45, 7) is 4.15. The Hall–Kier alpha value is -1.88. The van der Waals surface area contributed by atoms with E-state index in [-0.39, 0.29) is 12.0 Å². The second kappa shape index (κ2) is 6.52. The van der Waals surface area contributed by atoms with Gasteiger partial charge >= 0.3 is 0 Å². The molecule has 1 unspecified atom stereocenters. The first-order chi connectivity index (χ1) is 9.56. The Bertz CT molecular complexity index is 567. The second-order valence-corrected chi connectivity index (χ2v) is 5.19. The molecule has 0 saturated heterocycles. The number of aromatic nitrogens is 3. The van der Waals surface area contributed by atoms with E-state index in [1.54, 1.807) is 0 Å². The first-order valence-corrected chi connectivity index (χ1v) is 6.89. The molecular weight excluding hydrogens is 274 g/mol. The SMILES string of the molecule is Cc1cccc(Cl)c1CCC(C)Nc1ncnc(N)n1. The molecule has 0 saturated carbocycles. The van der Waals surface area contributed by atoms with Gasteiger partial charge in [0.1, 0.15) is 6.33 Å². The summed E-state index contributed by atoms with van der Waals surface area (Å²) in [6.07, 6.45) is 3.23. The lowest BCUT2D eigenvalue weighted by Gasteiger charge is -2.15. The smallest absolute Gasteiger partial charge is 0.227 e. The van der Waals surface area contributed by atoms with E-state index in [4.69, 9.17) is 17.3 Å². The molecule has 1 aromatic heterocycles. The van der Waals surface area contributed by atoms with Gasteiger partial charge in [-0.25, -0.2) is 9.97 Å². The van der Waals surface area contributed by atoms with Crippen LogP contribution in [0.2, 0.25) is 5.02 Å². The Kier molecular flexibility index (Phi) is 4.74. The van der Waals surface area contributed by atoms with Crippen LogP contribution in [0.5, 0.6) is 0 Å². The van der Waals surface area contributed by atoms with Crippen LogP contribution in [-0.2, 0) is 6.42 Å². The van der Waals surface area contributed by atoms with Crippen molar-refractivity contribution in [2.24, 2.45) is 0 Å². The third kappa shape index (κ3) is 3.81. The summed E-state index contributed by atoms with van der Waals surface area (Å²) in [4.78, 5) is 11.8. The van der Waals surface area contributed by atoms with Crippen LogP contribution in [0.4, 0.5) is 11.9 Å². The first kappa shape index (κ1) is 14.5. The van der Waals surface area contributed by atoms with Gasteiger partial charge in [0.2, 0.25) is 11.9 Å². The number of nitrogens with two attached hydrogens (primary N) is 1. The van der Waals surface area contributed by atoms with Crippen LogP contribution in [0, 0.1) is 6.92 Å². The zero-order valence-electron chi connectivity index (χ0n) is 11.6. The van der Waals surface area contributed by atoms with Crippen molar-refractivity contribution in [3.63, 3.8) is 0 Å². The van der Waals surface area contributed by atoms with Crippen molar-refractivity contribution in [3.8, 4) is 0 Å². The Morgan fingerprint density at radius 2 is 2.15 bits per heavy atom. The Morgan fingerprint density at radius 1 is 1.35 bits per heavy atom. The number of benzene rings is 1. The summed E-state index contributed by atoms with van der Waals surface area (Å²) in [5, 5.41) is 4.03. The fraction of sp³-hybridized carbons (Fsp3) is 0.357. The van der Waals surface area contributed by atoms with Crippen molar-refractivity contribution in [1.82, 2.24) is 15.0 Å². The van der Waals surface area contributed by atoms with Gasteiger partial charge in [0.15, 0.2) is 0 Å². The topological polar surface area (TPSA) is 76.7 Å². The number of nitrogens with one attached hydrogen (secondary N) is 1. The minimum Gasteiger partial charge on any atom is -0.368 e. The van der Waals surface area contributed by atoms with Crippen LogP contribution >= 0.6 is 11.6 Å². The lowest BCUT2D eigenvalue weighted by atomic mass is 10.0. The van der Waals surface area contributed by atoms with Gasteiger partial charge in [-0.05, 0) is 43.9 Å². The van der Waals surface area contributed by atoms with E-state index in [1.807, 2.05) is 12.1 Å². The van der Waals surface area contributed by atoms with Crippen molar-refractivity contribution in [1.29, 1.82) is 0 Å². The molecule has 1 heterocycles. The molecule has 1 aromatic carbocycles. The maximum Gasteiger partial charge on any atom is 0.227 e. The van der Waals surface area contributed by atoms with Crippen molar-refractivity contribution < 1.29 is 0 Å². The Labute approximate surface area is 123 Å². The quantitative estimate of drug-likeness (QED) is 0.886. The molecule has 0 amide bonds. The lowest BCUT2D eigenvalue weighted by molar-refractivity contribution is 0.696. The van der Waals surface area contributed by atoms with E-state index in [2.05, 4.69) is 40.2 Å². The molecule has 2 rings (SSSR count). The number of anilines is 2. The fourth-order valence-corrected chi connectivity index (χ4v) is 2.33. The fourth-order valence-electron chi connectivity index (χ4n) is 2.01. The number of hydrogen-bond acceptors (Lipinski definition) is 5. The standard InChI is InChI=1S/C14H18ClN5/c1-9-4-3-5-12(15)11(9)7-6-10(2)19-14-18-8-17-13(16)20-14/h3-5,8,10H,6-7H2,1-2H3,(H3,16,17,18,19,20). The largest absolute Gasteiger partial charge is 0.368 e. The molecule has 0 radical (unpaired) electrons. The summed E-state index contributed by atoms with van der Waals surface area (Å²) in [5.74, 6) is 0.720. The Morgan fingerprint density at radius 3 is 2.85 bits per heavy atom. The van der Waals surface area contributed by atoms with Crippen molar-refractivity contribution in [3.05, 3.63) is 40.7 Å². The molecule has 20 heavy (non-hydrogen) atoms. The van der Waals surface area contributed by atoms with Gasteiger partial charge in [0.25, 0.3) is 0 Å². The summed E-state index contributed by atoms with van der Waals surface area (Å²) >= 11 is 6.22. The first-order valence-electron chi connectivity index (χ1n) is 6.51. The number of aryl methyl sites for hydroxylation is 1. The average Bonchev–Trinajstić information content (AvgIpc) is 2.38. The van der Waals surface area contributed by atoms with Gasteiger partial charge in [0, 0.05) is 11.1 Å². The van der Waals surface area contributed by atoms with Crippen molar-refractivity contribution >= 4 is 23.5 Å². The Balaban J connectivity index is 1.94. The zero-order chi connectivity index (χ0) is 14.5. The zero-order valence-corrected chi connectivity index (χ0v) is 12.4. The van der Waals surface area contributed by atoms with E-state index in [0.29, 0.717) is 5.95 Å². The van der Waals surface area contributed by atoms with E-state index in [9.17, 15) is 0 Å². The highest BCUT2D eigenvalue weighted by Crippen LogP contribution is 2.21. The highest BCUT2D eigenvalue weighted by molar-refractivity contribution is 6.31. The normalized spacial score (nSPS) is 12.2. The van der Waals surface area contributed by atoms with Gasteiger partial charge in [-0.15, -0.1) is 0 Å². The highest BCUT2D eigenvalue weighted by Gasteiger charge is 2.08. The van der Waals surface area contributed by atoms with Gasteiger partial charge in [0.05, 0.1) is 0 Å². The molecule has 0 spiro atoms. The van der Waals surface area contributed by atoms with E-state index < -0.39 is 0 Å². The van der Waals surface area contributed by atoms with Crippen LogP contribution in [-0.4, -0.2) is 21.0 Å². The van der Waals surface area contributed by atoms with Crippen LogP contribution in [0.15, 0.2) is 24.5 Å². The molecule has 0 aliphatic rings. The van der Waals surface area contributed by atoms with Crippen LogP contribution < -0.4 is 11.1 Å². The highest BCUT2D eigenvalue weighted by atomic mass is 35.5. The number of nitrogen functional groups attached to an aromatic ring is 1. The molecular formula is C14H18ClN5. The van der Waals surface area contributed by atoms with Crippen LogP contribution in [0.25, 0.3) is 0 Å². The molecule has 0 aliphatic heterocycles. The molecule has 6 heteroatoms. The minimum absolute atomic E-state index is 0.215. The number of nitrogens with zero attached hydrogens (tertiary/aromatic N) is 3. The van der Waals surface area contributed by atoms with Gasteiger partial charge < -0.3 is 11.1 Å². The van der Waals surface area contributed by atoms with Crippen molar-refractivity contribution in [2.45, 2.75) is 32.7 Å². The lowest BCUT2D eigenvalue weighted by Crippen LogP contribution is -2.18. The van der Waals surface area contributed by atoms with Crippen molar-refractivity contribution in [2.75, 3.05) is 11.1 Å². The molecule has 0 fully saturated rings. The number of halogens is 1. The molecule has 106 valence electrons. The van der Waals surface area contributed by atoms with Crippen LogP contribution in [0.1, 0.15) is 24.5 Å². The van der Waals surface area contributed by atoms with Gasteiger partial charge in [-0.2, -0.15) is 4.98 Å². The van der Waals surface area contributed by atoms with Gasteiger partial charge in [-0.3, -0.25) is 0 Å². The summed E-state index contributed by atoms with van der Waals surface area (Å²) in [7, 11) is 0. The monoisotopic (exact) mass is 291 g/mol. The molecule has 5 nitrogen and oxygen atoms in total. The minimum atomic E-state index is 0.215. The van der Waals surface area contributed by atoms with E-state index in [0.717, 1.165) is 17.9 Å². The molecule has 3 N–H and O–H groups in total. The number of hydrogen-bond donors (Lipinski definition) is 2. The average molecular weight is 292 g/mol. The summed E-state index contributed by atoms with van der Waals surface area (Å²) in [5.41, 5.74) is 7.93. The van der Waals surface area contributed by atoms with Gasteiger partial charge in [-0.1, -0.05) is 23.7 Å². The second-order valence-electron chi connectivity index (χ2n) is 4.79. The predicted molar refractivity (Wildman–Crippen MR) is 81.8 cm³/mol. The molecule has 0 bridgehead atoms. The van der Waals surface area contributed by atoms with E-state index >= 15 is 0 Å². The van der Waals surface area contributed by atoms with E-state index in [1.165, 1.54) is 17.5 Å². The third-order valence-corrected chi connectivity index (χ3v) is 3.50. The predicted octanol–water partition coefficient (Wildman–Crippen LogP) is 2.85. The number of rotatable bonds is 5. The summed E-state index contributed by atoms with van der Waals surface area (Å²) < 4.78 is 0. The summed E-state index contributed by atoms with van der Waals surface area (Å²) in [6, 6.07) is 6.18. The molecule has 1 atom stereocenters. The maximum absolute atomic E-state index is 6.22. The maximum atomic E-state index is 6.22. The third-order valence-electron chi connectivity index (χ3n) is 3.15. The molecule has 2 aromatic rings. The van der Waals surface area contributed by atoms with Crippen LogP contribution in [0.3, 0.4) is 0 Å². The molecule has 0 aliphatic carbocycles.